The van der Waals surface area contributed by atoms with Gasteiger partial charge >= 0.3 is 0 Å². The smallest absolute Gasteiger partial charge is 0.227 e. The average Bonchev–Trinajstić information content (AvgIpc) is 3.40. The van der Waals surface area contributed by atoms with Crippen LogP contribution in [0.1, 0.15) is 29.5 Å². The minimum absolute atomic E-state index is 0.435. The number of nitrogens with zero attached hydrogens (tertiary/aromatic N) is 3. The summed E-state index contributed by atoms with van der Waals surface area (Å²) >= 11 is 1.79. The van der Waals surface area contributed by atoms with Gasteiger partial charge in [-0.15, -0.1) is 11.3 Å². The van der Waals surface area contributed by atoms with Crippen molar-refractivity contribution in [2.75, 3.05) is 33.9 Å². The van der Waals surface area contributed by atoms with Gasteiger partial charge in [0.2, 0.25) is 5.72 Å². The van der Waals surface area contributed by atoms with Gasteiger partial charge in [-0.05, 0) is 79.5 Å². The van der Waals surface area contributed by atoms with E-state index in [4.69, 9.17) is 19.5 Å². The zero-order valence-electron chi connectivity index (χ0n) is 19.3. The molecular formula is C26H29N3O3S. The largest absolute Gasteiger partial charge is 0.497 e. The van der Waals surface area contributed by atoms with E-state index in [2.05, 4.69) is 46.4 Å². The van der Waals surface area contributed by atoms with E-state index in [0.29, 0.717) is 12.5 Å². The van der Waals surface area contributed by atoms with Crippen molar-refractivity contribution >= 4 is 27.3 Å². The molecule has 172 valence electrons. The van der Waals surface area contributed by atoms with Gasteiger partial charge in [0, 0.05) is 27.8 Å². The summed E-state index contributed by atoms with van der Waals surface area (Å²) in [6, 6.07) is 12.7. The minimum Gasteiger partial charge on any atom is -0.497 e. The predicted molar refractivity (Wildman–Crippen MR) is 131 cm³/mol. The molecule has 7 heteroatoms. The molecule has 2 bridgehead atoms. The van der Waals surface area contributed by atoms with Gasteiger partial charge in [-0.3, -0.25) is 4.90 Å². The van der Waals surface area contributed by atoms with Gasteiger partial charge in [0.15, 0.2) is 5.84 Å². The molecule has 5 heterocycles. The molecule has 0 saturated carbocycles. The second kappa shape index (κ2) is 7.92. The molecule has 1 atom stereocenters. The van der Waals surface area contributed by atoms with Crippen LogP contribution in [0.5, 0.6) is 11.5 Å². The topological polar surface area (TPSA) is 46.5 Å². The van der Waals surface area contributed by atoms with E-state index < -0.39 is 5.72 Å². The van der Waals surface area contributed by atoms with Crippen LogP contribution in [0.3, 0.4) is 0 Å². The summed E-state index contributed by atoms with van der Waals surface area (Å²) in [5.74, 6) is 2.98. The number of aryl methyl sites for hydroxylation is 1. The normalized spacial score (nSPS) is 26.0. The zero-order valence-corrected chi connectivity index (χ0v) is 20.2. The van der Waals surface area contributed by atoms with Crippen LogP contribution in [0, 0.1) is 12.8 Å². The summed E-state index contributed by atoms with van der Waals surface area (Å²) in [6.07, 6.45) is 2.28. The number of fused-ring (bicyclic) bond motifs is 3. The van der Waals surface area contributed by atoms with Crippen LogP contribution in [0.25, 0.3) is 10.1 Å². The Morgan fingerprint density at radius 2 is 1.97 bits per heavy atom. The summed E-state index contributed by atoms with van der Waals surface area (Å²) in [4.78, 5) is 11.3. The Bertz CT molecular complexity index is 1230. The molecule has 0 N–H and O–H groups in total. The highest BCUT2D eigenvalue weighted by molar-refractivity contribution is 7.17. The standard InChI is InChI=1S/C26H29N3O3S/c1-17-15-33-24-7-5-18(12-22(17)24)25-27-32-26(16-28-10-8-20(26)9-11-28)29(25)14-19-4-6-21(30-2)13-23(19)31-3/h4-7,12-13,15,20H,8-11,14,16H2,1-3H3/t26-/m1/s1. The Kier molecular flexibility index (Phi) is 4.99. The fourth-order valence-electron chi connectivity index (χ4n) is 5.67. The number of methoxy groups -OCH3 is 2. The maximum Gasteiger partial charge on any atom is 0.227 e. The van der Waals surface area contributed by atoms with Crippen LogP contribution in [-0.2, 0) is 11.4 Å². The third-order valence-electron chi connectivity index (χ3n) is 7.53. The van der Waals surface area contributed by atoms with Crippen molar-refractivity contribution in [2.45, 2.75) is 32.0 Å². The third kappa shape index (κ3) is 3.28. The number of amidine groups is 1. The molecule has 1 aromatic heterocycles. The van der Waals surface area contributed by atoms with Crippen molar-refractivity contribution in [3.8, 4) is 11.5 Å². The predicted octanol–water partition coefficient (Wildman–Crippen LogP) is 4.84. The summed E-state index contributed by atoms with van der Waals surface area (Å²) in [6.45, 7) is 6.00. The lowest BCUT2D eigenvalue weighted by Crippen LogP contribution is -2.66. The second-order valence-electron chi connectivity index (χ2n) is 9.29. The van der Waals surface area contributed by atoms with Gasteiger partial charge in [-0.25, -0.2) is 0 Å². The first-order valence-corrected chi connectivity index (χ1v) is 12.4. The SMILES string of the molecule is COc1ccc(CN2C(c3ccc4scc(C)c4c3)=NO[C@@]23CN2CCC3CC2)c(OC)c1. The molecule has 3 saturated heterocycles. The summed E-state index contributed by atoms with van der Waals surface area (Å²) in [5, 5.41) is 8.25. The lowest BCUT2D eigenvalue weighted by Gasteiger charge is -2.53. The molecule has 1 spiro atoms. The Hall–Kier alpha value is -2.77. The first-order valence-electron chi connectivity index (χ1n) is 11.6. The van der Waals surface area contributed by atoms with Crippen LogP contribution in [0.2, 0.25) is 0 Å². The molecule has 0 radical (unpaired) electrons. The van der Waals surface area contributed by atoms with Gasteiger partial charge in [-0.2, -0.15) is 0 Å². The molecule has 3 aromatic rings. The van der Waals surface area contributed by atoms with Gasteiger partial charge in [0.25, 0.3) is 0 Å². The van der Waals surface area contributed by atoms with Crippen LogP contribution in [0.15, 0.2) is 46.9 Å². The van der Waals surface area contributed by atoms with E-state index in [0.717, 1.165) is 60.9 Å². The van der Waals surface area contributed by atoms with Crippen LogP contribution in [-0.4, -0.2) is 55.2 Å². The van der Waals surface area contributed by atoms with Crippen LogP contribution >= 0.6 is 11.3 Å². The van der Waals surface area contributed by atoms with Crippen molar-refractivity contribution < 1.29 is 14.3 Å². The second-order valence-corrected chi connectivity index (χ2v) is 10.2. The van der Waals surface area contributed by atoms with Gasteiger partial charge in [0.1, 0.15) is 11.5 Å². The molecule has 3 fully saturated rings. The fourth-order valence-corrected chi connectivity index (χ4v) is 6.59. The lowest BCUT2D eigenvalue weighted by atomic mass is 9.79. The van der Waals surface area contributed by atoms with E-state index in [9.17, 15) is 0 Å². The Balaban J connectivity index is 1.43. The van der Waals surface area contributed by atoms with E-state index >= 15 is 0 Å². The zero-order chi connectivity index (χ0) is 22.6. The molecule has 2 aromatic carbocycles. The van der Waals surface area contributed by atoms with Crippen molar-refractivity contribution in [3.05, 3.63) is 58.5 Å². The number of hydrogen-bond acceptors (Lipinski definition) is 7. The van der Waals surface area contributed by atoms with Crippen molar-refractivity contribution in [2.24, 2.45) is 11.1 Å². The number of thiophene rings is 1. The first-order chi connectivity index (χ1) is 16.1. The van der Waals surface area contributed by atoms with E-state index in [1.807, 2.05) is 12.1 Å². The quantitative estimate of drug-likeness (QED) is 0.542. The number of benzene rings is 2. The fraction of sp³-hybridized carbons (Fsp3) is 0.423. The molecule has 0 aliphatic carbocycles. The third-order valence-corrected chi connectivity index (χ3v) is 8.61. The molecular weight excluding hydrogens is 434 g/mol. The van der Waals surface area contributed by atoms with Gasteiger partial charge < -0.3 is 19.2 Å². The average molecular weight is 464 g/mol. The number of hydrogen-bond donors (Lipinski definition) is 0. The number of piperidine rings is 3. The molecule has 0 amide bonds. The summed E-state index contributed by atoms with van der Waals surface area (Å²) < 4.78 is 12.5. The lowest BCUT2D eigenvalue weighted by molar-refractivity contribution is -0.198. The van der Waals surface area contributed by atoms with Crippen LogP contribution in [0.4, 0.5) is 0 Å². The highest BCUT2D eigenvalue weighted by atomic mass is 32.1. The maximum absolute atomic E-state index is 6.42. The highest BCUT2D eigenvalue weighted by Crippen LogP contribution is 2.46. The maximum atomic E-state index is 6.42. The Morgan fingerprint density at radius 3 is 2.70 bits per heavy atom. The minimum atomic E-state index is -0.435. The van der Waals surface area contributed by atoms with Gasteiger partial charge in [0.05, 0.1) is 27.3 Å². The monoisotopic (exact) mass is 463 g/mol. The molecule has 0 unspecified atom stereocenters. The number of ether oxygens (including phenoxy) is 2. The van der Waals surface area contributed by atoms with Crippen LogP contribution < -0.4 is 9.47 Å². The van der Waals surface area contributed by atoms with Crippen molar-refractivity contribution in [3.63, 3.8) is 0 Å². The number of rotatable bonds is 5. The van der Waals surface area contributed by atoms with Crippen molar-refractivity contribution in [1.82, 2.24) is 9.80 Å². The van der Waals surface area contributed by atoms with E-state index in [1.165, 1.54) is 15.6 Å². The summed E-state index contributed by atoms with van der Waals surface area (Å²) in [7, 11) is 3.39. The number of oxime groups is 1. The molecule has 7 rings (SSSR count). The Morgan fingerprint density at radius 1 is 1.12 bits per heavy atom. The molecule has 4 aliphatic heterocycles. The molecule has 33 heavy (non-hydrogen) atoms. The van der Waals surface area contributed by atoms with E-state index in [1.54, 1.807) is 25.6 Å². The van der Waals surface area contributed by atoms with Gasteiger partial charge in [-0.1, -0.05) is 5.16 Å². The molecule has 6 nitrogen and oxygen atoms in total. The summed E-state index contributed by atoms with van der Waals surface area (Å²) in [5.41, 5.74) is 3.07. The highest BCUT2D eigenvalue weighted by Gasteiger charge is 2.57. The van der Waals surface area contributed by atoms with E-state index in [-0.39, 0.29) is 0 Å². The first kappa shape index (κ1) is 20.8. The Labute approximate surface area is 198 Å². The molecule has 4 aliphatic rings. The van der Waals surface area contributed by atoms with Crippen molar-refractivity contribution in [1.29, 1.82) is 0 Å².